The smallest absolute Gasteiger partial charge is 0.347 e. The molecule has 7 atom stereocenters. The van der Waals surface area contributed by atoms with E-state index in [1.54, 1.807) is 20.8 Å². The summed E-state index contributed by atoms with van der Waals surface area (Å²) < 4.78 is 50.5. The highest BCUT2D eigenvalue weighted by Gasteiger charge is 2.37. The minimum atomic E-state index is -1.53. The molecule has 0 radical (unpaired) electrons. The Balaban J connectivity index is 2.22. The van der Waals surface area contributed by atoms with Crippen LogP contribution in [0.15, 0.2) is 0 Å². The third-order valence-electron chi connectivity index (χ3n) is 8.20. The van der Waals surface area contributed by atoms with Crippen molar-refractivity contribution in [1.82, 2.24) is 13.6 Å². The van der Waals surface area contributed by atoms with Crippen molar-refractivity contribution in [1.29, 1.82) is 0 Å². The van der Waals surface area contributed by atoms with Crippen LogP contribution in [0.3, 0.4) is 0 Å². The van der Waals surface area contributed by atoms with Gasteiger partial charge in [-0.25, -0.2) is 19.2 Å². The summed E-state index contributed by atoms with van der Waals surface area (Å²) in [7, 11) is 0. The summed E-state index contributed by atoms with van der Waals surface area (Å²) in [5.41, 5.74) is -0.904. The maximum absolute atomic E-state index is 14.0. The Morgan fingerprint density at radius 2 is 1.12 bits per heavy atom. The fourth-order valence-electron chi connectivity index (χ4n) is 5.12. The van der Waals surface area contributed by atoms with Gasteiger partial charge in [0.2, 0.25) is 5.82 Å². The van der Waals surface area contributed by atoms with Crippen LogP contribution in [0.2, 0.25) is 0 Å². The normalized spacial score (nSPS) is 16.6. The maximum Gasteiger partial charge on any atom is 0.347 e. The Kier molecular flexibility index (Phi) is 18.7. The Bertz CT molecular complexity index is 1590. The average molecular weight is 831 g/mol. The first-order valence-corrected chi connectivity index (χ1v) is 19.0. The fourth-order valence-corrected chi connectivity index (χ4v) is 5.64. The largest absolute Gasteiger partial charge is 0.474 e. The fraction of sp³-hybridized carbons (Fsp3) is 0.722. The van der Waals surface area contributed by atoms with Crippen molar-refractivity contribution in [2.75, 3.05) is 44.4 Å². The zero-order valence-electron chi connectivity index (χ0n) is 34.2. The van der Waals surface area contributed by atoms with E-state index in [2.05, 4.69) is 8.75 Å². The van der Waals surface area contributed by atoms with Crippen molar-refractivity contribution < 1.29 is 76.3 Å². The van der Waals surface area contributed by atoms with E-state index in [4.69, 9.17) is 37.9 Å². The number of anilines is 1. The summed E-state index contributed by atoms with van der Waals surface area (Å²) in [6, 6.07) is 0. The molecule has 2 heterocycles. The molecule has 0 aromatic carbocycles. The predicted octanol–water partition coefficient (Wildman–Crippen LogP) is 1.59. The van der Waals surface area contributed by atoms with Gasteiger partial charge in [0.05, 0.1) is 31.5 Å². The number of carbonyl (C=O) groups excluding carboxylic acids is 8. The molecule has 0 N–H and O–H groups in total. The third-order valence-corrected chi connectivity index (χ3v) is 8.70. The topological polar surface area (TPSA) is 243 Å². The third kappa shape index (κ3) is 15.9. The van der Waals surface area contributed by atoms with Crippen molar-refractivity contribution in [3.63, 3.8) is 0 Å². The van der Waals surface area contributed by atoms with E-state index in [9.17, 15) is 38.4 Å². The second-order valence-corrected chi connectivity index (χ2v) is 14.8. The average Bonchev–Trinajstić information content (AvgIpc) is 3.60. The van der Waals surface area contributed by atoms with Crippen LogP contribution >= 0.6 is 11.7 Å². The van der Waals surface area contributed by atoms with Crippen LogP contribution in [-0.4, -0.2) is 143 Å². The second-order valence-electron chi connectivity index (χ2n) is 14.3. The van der Waals surface area contributed by atoms with Crippen LogP contribution in [0.4, 0.5) is 5.82 Å². The molecule has 1 aromatic heterocycles. The van der Waals surface area contributed by atoms with Gasteiger partial charge in [0.1, 0.15) is 0 Å². The minimum absolute atomic E-state index is 0.107. The van der Waals surface area contributed by atoms with Crippen molar-refractivity contribution in [3.05, 3.63) is 0 Å². The number of carbonyl (C=O) groups is 8. The molecule has 6 unspecified atom stereocenters. The van der Waals surface area contributed by atoms with Crippen molar-refractivity contribution in [2.24, 2.45) is 5.92 Å². The Hall–Kier alpha value is -4.92. The molecule has 1 aromatic rings. The van der Waals surface area contributed by atoms with Crippen LogP contribution in [0, 0.1) is 5.92 Å². The van der Waals surface area contributed by atoms with Crippen molar-refractivity contribution in [3.8, 4) is 5.88 Å². The van der Waals surface area contributed by atoms with Gasteiger partial charge in [-0.2, -0.15) is 4.37 Å². The van der Waals surface area contributed by atoms with Crippen LogP contribution < -0.4 is 9.64 Å². The molecule has 0 saturated carbocycles. The molecule has 2 rings (SSSR count). The molecular formula is C36H54N4O16S. The van der Waals surface area contributed by atoms with Gasteiger partial charge in [-0.1, -0.05) is 0 Å². The number of ether oxygens (including phenoxy) is 8. The summed E-state index contributed by atoms with van der Waals surface area (Å²) in [6.45, 7) is 16.9. The molecule has 0 spiro atoms. The quantitative estimate of drug-likeness (QED) is 0.134. The number of Topliss-reactive ketones (excluding diaryl/α,β-unsaturated/α-hetero) is 1. The number of nitrogens with zero attached hydrogens (tertiary/aromatic N) is 4. The number of amides is 1. The van der Waals surface area contributed by atoms with E-state index < -0.39 is 95.6 Å². The zero-order chi connectivity index (χ0) is 43.2. The summed E-state index contributed by atoms with van der Waals surface area (Å²) in [6.07, 6.45) is -8.45. The van der Waals surface area contributed by atoms with Crippen molar-refractivity contribution >= 4 is 65.1 Å². The lowest BCUT2D eigenvalue weighted by molar-refractivity contribution is -0.184. The summed E-state index contributed by atoms with van der Waals surface area (Å²) in [5.74, 6) is -6.74. The highest BCUT2D eigenvalue weighted by atomic mass is 32.1. The number of hydrogen-bond acceptors (Lipinski definition) is 20. The number of esters is 6. The number of rotatable bonds is 20. The Morgan fingerprint density at radius 1 is 0.684 bits per heavy atom. The SMILES string of the molecule is CC(=O)OC(C)C(=O)OC(C)C(=O)C[C@H](COc1nsnc1N1CCOCC1)CN(C(=O)C(C)OC(=O)C(C)OC(=O)C(C)OC(=O)C(C)OC(C)=O)C(C)(C)C. The number of hydrogen-bond donors (Lipinski definition) is 0. The van der Waals surface area contributed by atoms with E-state index >= 15 is 0 Å². The van der Waals surface area contributed by atoms with Crippen LogP contribution in [0.5, 0.6) is 5.88 Å². The molecule has 1 amide bonds. The van der Waals surface area contributed by atoms with Gasteiger partial charge in [-0.05, 0) is 62.3 Å². The first-order chi connectivity index (χ1) is 26.5. The monoisotopic (exact) mass is 830 g/mol. The number of aromatic nitrogens is 2. The van der Waals surface area contributed by atoms with Crippen LogP contribution in [0.25, 0.3) is 0 Å². The lowest BCUT2D eigenvalue weighted by Crippen LogP contribution is -2.53. The van der Waals surface area contributed by atoms with Gasteiger partial charge in [0.25, 0.3) is 11.8 Å². The molecule has 1 saturated heterocycles. The van der Waals surface area contributed by atoms with Gasteiger partial charge in [0.15, 0.2) is 42.4 Å². The first kappa shape index (κ1) is 48.2. The zero-order valence-corrected chi connectivity index (χ0v) is 35.0. The molecule has 21 heteroatoms. The minimum Gasteiger partial charge on any atom is -0.474 e. The molecule has 57 heavy (non-hydrogen) atoms. The summed E-state index contributed by atoms with van der Waals surface area (Å²) in [5, 5.41) is 0. The van der Waals surface area contributed by atoms with Gasteiger partial charge >= 0.3 is 35.8 Å². The Morgan fingerprint density at radius 3 is 1.58 bits per heavy atom. The molecule has 20 nitrogen and oxygen atoms in total. The highest BCUT2D eigenvalue weighted by molar-refractivity contribution is 6.99. The molecular weight excluding hydrogens is 776 g/mol. The van der Waals surface area contributed by atoms with E-state index in [1.165, 1.54) is 46.4 Å². The molecule has 0 bridgehead atoms. The van der Waals surface area contributed by atoms with Gasteiger partial charge in [0, 0.05) is 51.4 Å². The molecule has 1 aliphatic rings. The van der Waals surface area contributed by atoms with E-state index in [-0.39, 0.29) is 25.5 Å². The molecule has 320 valence electrons. The van der Waals surface area contributed by atoms with E-state index in [0.717, 1.165) is 25.6 Å². The van der Waals surface area contributed by atoms with Crippen LogP contribution in [-0.2, 0) is 71.5 Å². The number of morpholine rings is 1. The van der Waals surface area contributed by atoms with Gasteiger partial charge in [-0.3, -0.25) is 19.2 Å². The molecule has 1 fully saturated rings. The van der Waals surface area contributed by atoms with Gasteiger partial charge < -0.3 is 47.7 Å². The second kappa shape index (κ2) is 22.1. The summed E-state index contributed by atoms with van der Waals surface area (Å²) in [4.78, 5) is 103. The van der Waals surface area contributed by atoms with Crippen molar-refractivity contribution in [2.45, 2.75) is 125 Å². The lowest BCUT2D eigenvalue weighted by atomic mass is 9.96. The summed E-state index contributed by atoms with van der Waals surface area (Å²) >= 11 is 0.939. The Labute approximate surface area is 335 Å². The standard InChI is InChI=1S/C36H54N4O16S/c1-19(53-32(45)21(3)51-25(7)41)28(43)16-27(18-50-30-29(37-57-38-30)39-12-14-49-15-13-39)17-40(36(9,10)11)31(44)20(2)54-34(47)23(5)56-35(48)24(6)55-33(46)22(4)52-26(8)42/h19-24,27H,12-18H2,1-11H3/t19?,20?,21?,22?,23?,24?,27-/m0/s1. The first-order valence-electron chi connectivity index (χ1n) is 18.3. The lowest BCUT2D eigenvalue weighted by Gasteiger charge is -2.39. The van der Waals surface area contributed by atoms with E-state index in [1.807, 2.05) is 4.90 Å². The van der Waals surface area contributed by atoms with Gasteiger partial charge in [-0.15, -0.1) is 4.37 Å². The maximum atomic E-state index is 14.0. The molecule has 1 aliphatic heterocycles. The van der Waals surface area contributed by atoms with Crippen LogP contribution in [0.1, 0.15) is 82.6 Å². The predicted molar refractivity (Wildman–Crippen MR) is 198 cm³/mol. The molecule has 0 aliphatic carbocycles. The number of ketones is 1. The van der Waals surface area contributed by atoms with E-state index in [0.29, 0.717) is 32.1 Å². The highest BCUT2D eigenvalue weighted by Crippen LogP contribution is 2.28.